The van der Waals surface area contributed by atoms with Crippen molar-refractivity contribution in [2.45, 2.75) is 71.3 Å². The summed E-state index contributed by atoms with van der Waals surface area (Å²) in [5.41, 5.74) is 1.94. The zero-order chi connectivity index (χ0) is 17.8. The first-order valence-electron chi connectivity index (χ1n) is 10.3. The van der Waals surface area contributed by atoms with Gasteiger partial charge in [-0.1, -0.05) is 19.4 Å². The predicted molar refractivity (Wildman–Crippen MR) is 98.4 cm³/mol. The number of fused-ring (bicyclic) bond motifs is 5. The Labute approximate surface area is 152 Å². The van der Waals surface area contributed by atoms with Crippen molar-refractivity contribution in [3.63, 3.8) is 0 Å². The van der Waals surface area contributed by atoms with E-state index in [1.807, 2.05) is 6.20 Å². The molecule has 4 aliphatic carbocycles. The molecule has 0 aromatic rings. The van der Waals surface area contributed by atoms with E-state index in [1.165, 1.54) is 37.7 Å². The smallest absolute Gasteiger partial charge is 0.154 e. The SMILES string of the molecule is [C-]#[N+]/C=C1/CC[C@H]2[C@@H]3CC[C@H]4C[C@H](O)[C@@H](CO)C[C@]4(C)[C@H]3CC[C@]12C. The summed E-state index contributed by atoms with van der Waals surface area (Å²) in [6, 6.07) is 0. The monoisotopic (exact) mass is 343 g/mol. The largest absolute Gasteiger partial charge is 0.396 e. The van der Waals surface area contributed by atoms with E-state index < -0.39 is 0 Å². The average Bonchev–Trinajstić information content (AvgIpc) is 2.92. The van der Waals surface area contributed by atoms with Crippen molar-refractivity contribution in [3.05, 3.63) is 23.2 Å². The second-order valence-corrected chi connectivity index (χ2v) is 9.89. The van der Waals surface area contributed by atoms with Crippen LogP contribution in [-0.4, -0.2) is 22.9 Å². The molecule has 8 atom stereocenters. The van der Waals surface area contributed by atoms with Crippen LogP contribution in [-0.2, 0) is 0 Å². The molecule has 0 radical (unpaired) electrons. The summed E-state index contributed by atoms with van der Waals surface area (Å²) >= 11 is 0. The van der Waals surface area contributed by atoms with E-state index in [4.69, 9.17) is 6.57 Å². The lowest BCUT2D eigenvalue weighted by Gasteiger charge is -2.61. The lowest BCUT2D eigenvalue weighted by molar-refractivity contribution is -0.140. The molecule has 0 heterocycles. The summed E-state index contributed by atoms with van der Waals surface area (Å²) in [6.07, 6.45) is 10.8. The lowest BCUT2D eigenvalue weighted by Crippen LogP contribution is -2.55. The van der Waals surface area contributed by atoms with Crippen LogP contribution in [0.5, 0.6) is 0 Å². The van der Waals surface area contributed by atoms with E-state index in [0.717, 1.165) is 37.0 Å². The van der Waals surface area contributed by atoms with Gasteiger partial charge in [-0.25, -0.2) is 4.85 Å². The van der Waals surface area contributed by atoms with Gasteiger partial charge < -0.3 is 10.2 Å². The summed E-state index contributed by atoms with van der Waals surface area (Å²) in [5.74, 6) is 2.92. The molecule has 0 amide bonds. The fourth-order valence-electron chi connectivity index (χ4n) is 7.75. The van der Waals surface area contributed by atoms with Crippen molar-refractivity contribution in [1.29, 1.82) is 0 Å². The lowest BCUT2D eigenvalue weighted by atomic mass is 9.44. The Balaban J connectivity index is 1.63. The fraction of sp³-hybridized carbons (Fsp3) is 0.864. The number of hydrogen-bond donors (Lipinski definition) is 2. The maximum atomic E-state index is 10.4. The predicted octanol–water partition coefficient (Wildman–Crippen LogP) is 4.41. The van der Waals surface area contributed by atoms with Crippen molar-refractivity contribution < 1.29 is 10.2 Å². The quantitative estimate of drug-likeness (QED) is 0.693. The van der Waals surface area contributed by atoms with Gasteiger partial charge in [0.25, 0.3) is 0 Å². The maximum Gasteiger partial charge on any atom is 0.154 e. The third-order valence-electron chi connectivity index (χ3n) is 9.14. The Morgan fingerprint density at radius 1 is 1.20 bits per heavy atom. The Bertz CT molecular complexity index is 608. The molecule has 0 saturated heterocycles. The van der Waals surface area contributed by atoms with Gasteiger partial charge in [-0.3, -0.25) is 0 Å². The highest BCUT2D eigenvalue weighted by Crippen LogP contribution is 2.67. The molecular formula is C22H33NO2. The Morgan fingerprint density at radius 3 is 2.72 bits per heavy atom. The topological polar surface area (TPSA) is 44.8 Å². The number of nitrogens with zero attached hydrogens (tertiary/aromatic N) is 1. The minimum Gasteiger partial charge on any atom is -0.396 e. The van der Waals surface area contributed by atoms with Crippen LogP contribution in [0.1, 0.15) is 65.2 Å². The third-order valence-corrected chi connectivity index (χ3v) is 9.14. The van der Waals surface area contributed by atoms with Crippen LogP contribution in [0.4, 0.5) is 0 Å². The fourth-order valence-corrected chi connectivity index (χ4v) is 7.75. The summed E-state index contributed by atoms with van der Waals surface area (Å²) in [7, 11) is 0. The summed E-state index contributed by atoms with van der Waals surface area (Å²) < 4.78 is 0. The molecule has 0 bridgehead atoms. The van der Waals surface area contributed by atoms with Gasteiger partial charge in [0.15, 0.2) is 6.20 Å². The number of allylic oxidation sites excluding steroid dienone is 1. The van der Waals surface area contributed by atoms with Crippen LogP contribution in [0.15, 0.2) is 11.8 Å². The van der Waals surface area contributed by atoms with Gasteiger partial charge in [0, 0.05) is 12.5 Å². The van der Waals surface area contributed by atoms with Crippen molar-refractivity contribution in [3.8, 4) is 0 Å². The number of hydrogen-bond acceptors (Lipinski definition) is 2. The van der Waals surface area contributed by atoms with Gasteiger partial charge in [0.05, 0.1) is 12.7 Å². The highest BCUT2D eigenvalue weighted by atomic mass is 16.3. The molecule has 138 valence electrons. The molecule has 3 heteroatoms. The van der Waals surface area contributed by atoms with Gasteiger partial charge in [0.1, 0.15) is 0 Å². The van der Waals surface area contributed by atoms with Crippen molar-refractivity contribution in [2.75, 3.05) is 6.61 Å². The average molecular weight is 344 g/mol. The van der Waals surface area contributed by atoms with Crippen LogP contribution < -0.4 is 0 Å². The van der Waals surface area contributed by atoms with E-state index in [2.05, 4.69) is 18.7 Å². The highest BCUT2D eigenvalue weighted by molar-refractivity contribution is 5.25. The van der Waals surface area contributed by atoms with Gasteiger partial charge in [0.2, 0.25) is 0 Å². The highest BCUT2D eigenvalue weighted by Gasteiger charge is 2.59. The molecule has 0 aliphatic heterocycles. The van der Waals surface area contributed by atoms with E-state index >= 15 is 0 Å². The van der Waals surface area contributed by atoms with Crippen molar-refractivity contribution >= 4 is 0 Å². The number of aliphatic hydroxyl groups is 2. The Kier molecular flexibility index (Phi) is 4.28. The van der Waals surface area contributed by atoms with E-state index in [0.29, 0.717) is 5.92 Å². The molecule has 2 N–H and O–H groups in total. The summed E-state index contributed by atoms with van der Waals surface area (Å²) in [4.78, 5) is 3.60. The minimum absolute atomic E-state index is 0.0643. The maximum absolute atomic E-state index is 10.4. The first-order chi connectivity index (χ1) is 11.9. The van der Waals surface area contributed by atoms with Gasteiger partial charge in [-0.2, -0.15) is 0 Å². The zero-order valence-electron chi connectivity index (χ0n) is 15.7. The first kappa shape index (κ1) is 17.6. The number of rotatable bonds is 1. The summed E-state index contributed by atoms with van der Waals surface area (Å²) in [6.45, 7) is 12.3. The molecule has 25 heavy (non-hydrogen) atoms. The van der Waals surface area contributed by atoms with Gasteiger partial charge >= 0.3 is 0 Å². The second-order valence-electron chi connectivity index (χ2n) is 9.89. The number of aliphatic hydroxyl groups excluding tert-OH is 2. The second kappa shape index (κ2) is 6.10. The Morgan fingerprint density at radius 2 is 2.00 bits per heavy atom. The molecule has 0 aromatic carbocycles. The third kappa shape index (κ3) is 2.44. The molecule has 0 spiro atoms. The molecule has 0 aromatic heterocycles. The van der Waals surface area contributed by atoms with Crippen LogP contribution in [0, 0.1) is 47.0 Å². The Hall–Kier alpha value is -0.850. The van der Waals surface area contributed by atoms with E-state index in [-0.39, 0.29) is 29.5 Å². The zero-order valence-corrected chi connectivity index (χ0v) is 15.7. The van der Waals surface area contributed by atoms with Crippen molar-refractivity contribution in [1.82, 2.24) is 0 Å². The molecule has 0 unspecified atom stereocenters. The molecule has 4 aliphatic rings. The normalized spacial score (nSPS) is 53.6. The molecule has 4 saturated carbocycles. The van der Waals surface area contributed by atoms with Crippen LogP contribution >= 0.6 is 0 Å². The minimum atomic E-state index is -0.312. The van der Waals surface area contributed by atoms with E-state index in [1.54, 1.807) is 0 Å². The molecule has 4 rings (SSSR count). The molecule has 3 nitrogen and oxygen atoms in total. The van der Waals surface area contributed by atoms with E-state index in [9.17, 15) is 10.2 Å². The van der Waals surface area contributed by atoms with Gasteiger partial charge in [-0.05, 0) is 85.9 Å². The van der Waals surface area contributed by atoms with Crippen LogP contribution in [0.25, 0.3) is 4.85 Å². The van der Waals surface area contributed by atoms with Crippen LogP contribution in [0.3, 0.4) is 0 Å². The standard InChI is InChI=1S/C22H33NO2/c1-21-9-8-19-17(18(21)7-5-16(21)12-23-3)6-4-15-10-20(25)14(13-24)11-22(15,19)2/h12,14-15,17-20,24-25H,4-11,13H2,1-2H3/b16-12-/t14-,15+,17+,18+,19+,20+,21-,22+/m1/s1. The van der Waals surface area contributed by atoms with Crippen molar-refractivity contribution in [2.24, 2.45) is 40.4 Å². The molecular weight excluding hydrogens is 310 g/mol. The van der Waals surface area contributed by atoms with Crippen LogP contribution in [0.2, 0.25) is 0 Å². The first-order valence-corrected chi connectivity index (χ1v) is 10.3. The van der Waals surface area contributed by atoms with Gasteiger partial charge in [-0.15, -0.1) is 0 Å². The summed E-state index contributed by atoms with van der Waals surface area (Å²) in [5, 5.41) is 20.2. The molecule has 4 fully saturated rings.